The zero-order valence-electron chi connectivity index (χ0n) is 9.56. The van der Waals surface area contributed by atoms with Crippen LogP contribution in [0.25, 0.3) is 0 Å². The molecule has 2 heteroatoms. The Morgan fingerprint density at radius 1 is 1.38 bits per heavy atom. The van der Waals surface area contributed by atoms with Crippen LogP contribution in [0.3, 0.4) is 0 Å². The number of likely N-dealkylation sites (N-methyl/N-ethyl adjacent to an activating group) is 1. The van der Waals surface area contributed by atoms with Gasteiger partial charge in [0.1, 0.15) is 0 Å². The summed E-state index contributed by atoms with van der Waals surface area (Å²) in [6.07, 6.45) is 5.36. The molecule has 0 bridgehead atoms. The molecule has 0 aromatic carbocycles. The maximum atomic E-state index is 3.61. The normalized spacial score (nSPS) is 22.8. The summed E-state index contributed by atoms with van der Waals surface area (Å²) in [6.45, 7) is 5.66. The molecule has 2 nitrogen and oxygen atoms in total. The second-order valence-corrected chi connectivity index (χ2v) is 4.66. The van der Waals surface area contributed by atoms with E-state index in [1.54, 1.807) is 0 Å². The molecule has 0 aromatic heterocycles. The largest absolute Gasteiger partial charge is 0.312 e. The van der Waals surface area contributed by atoms with Gasteiger partial charge in [0.2, 0.25) is 0 Å². The summed E-state index contributed by atoms with van der Waals surface area (Å²) in [5.41, 5.74) is 0.476. The second-order valence-electron chi connectivity index (χ2n) is 4.66. The average Bonchev–Trinajstić information content (AvgIpc) is 2.01. The lowest BCUT2D eigenvalue weighted by molar-refractivity contribution is 0.0575. The van der Waals surface area contributed by atoms with Crippen molar-refractivity contribution in [2.75, 3.05) is 20.6 Å². The molecule has 1 aliphatic rings. The summed E-state index contributed by atoms with van der Waals surface area (Å²) in [4.78, 5) is 2.39. The number of nitrogens with zero attached hydrogens (tertiary/aromatic N) is 1. The van der Waals surface area contributed by atoms with Gasteiger partial charge >= 0.3 is 0 Å². The Bertz CT molecular complexity index is 150. The molecule has 0 aliphatic heterocycles. The number of rotatable bonds is 5. The molecule has 0 heterocycles. The summed E-state index contributed by atoms with van der Waals surface area (Å²) >= 11 is 0. The SMILES string of the molecule is CCC(C)NCC1(N(C)C)CCC1. The van der Waals surface area contributed by atoms with Crippen LogP contribution in [0, 0.1) is 0 Å². The molecular weight excluding hydrogens is 160 g/mol. The van der Waals surface area contributed by atoms with Gasteiger partial charge in [-0.3, -0.25) is 0 Å². The van der Waals surface area contributed by atoms with Crippen LogP contribution in [0.5, 0.6) is 0 Å². The Hall–Kier alpha value is -0.0800. The highest BCUT2D eigenvalue weighted by Crippen LogP contribution is 2.35. The maximum absolute atomic E-state index is 3.61. The Kier molecular flexibility index (Phi) is 3.74. The van der Waals surface area contributed by atoms with Gasteiger partial charge in [0.25, 0.3) is 0 Å². The van der Waals surface area contributed by atoms with Crippen LogP contribution in [0.2, 0.25) is 0 Å². The van der Waals surface area contributed by atoms with Crippen LogP contribution in [0.1, 0.15) is 39.5 Å². The number of hydrogen-bond acceptors (Lipinski definition) is 2. The third-order valence-corrected chi connectivity index (χ3v) is 3.62. The smallest absolute Gasteiger partial charge is 0.0328 e. The fourth-order valence-electron chi connectivity index (χ4n) is 1.88. The highest BCUT2D eigenvalue weighted by Gasteiger charge is 2.38. The fourth-order valence-corrected chi connectivity index (χ4v) is 1.88. The van der Waals surface area contributed by atoms with Gasteiger partial charge in [-0.1, -0.05) is 6.92 Å². The summed E-state index contributed by atoms with van der Waals surface area (Å²) in [5, 5.41) is 3.61. The lowest BCUT2D eigenvalue weighted by atomic mass is 9.75. The van der Waals surface area contributed by atoms with Crippen molar-refractivity contribution in [3.8, 4) is 0 Å². The van der Waals surface area contributed by atoms with Gasteiger partial charge in [0, 0.05) is 18.1 Å². The van der Waals surface area contributed by atoms with E-state index < -0.39 is 0 Å². The first-order valence-corrected chi connectivity index (χ1v) is 5.51. The fraction of sp³-hybridized carbons (Fsp3) is 1.00. The van der Waals surface area contributed by atoms with Crippen LogP contribution < -0.4 is 5.32 Å². The van der Waals surface area contributed by atoms with Gasteiger partial charge in [0.05, 0.1) is 0 Å². The third-order valence-electron chi connectivity index (χ3n) is 3.62. The minimum absolute atomic E-state index is 0.476. The summed E-state index contributed by atoms with van der Waals surface area (Å²) in [5.74, 6) is 0. The molecule has 0 radical (unpaired) electrons. The number of nitrogens with one attached hydrogen (secondary N) is 1. The van der Waals surface area contributed by atoms with E-state index in [1.165, 1.54) is 25.7 Å². The van der Waals surface area contributed by atoms with Gasteiger partial charge in [-0.2, -0.15) is 0 Å². The van der Waals surface area contributed by atoms with Crippen LogP contribution >= 0.6 is 0 Å². The van der Waals surface area contributed by atoms with Crippen molar-refractivity contribution in [2.24, 2.45) is 0 Å². The van der Waals surface area contributed by atoms with Crippen LogP contribution in [0.4, 0.5) is 0 Å². The predicted octanol–water partition coefficient (Wildman–Crippen LogP) is 1.86. The molecule has 1 saturated carbocycles. The van der Waals surface area contributed by atoms with E-state index in [0.717, 1.165) is 6.54 Å². The molecule has 1 unspecified atom stereocenters. The molecule has 78 valence electrons. The van der Waals surface area contributed by atoms with Crippen LogP contribution in [-0.2, 0) is 0 Å². The Morgan fingerprint density at radius 3 is 2.31 bits per heavy atom. The predicted molar refractivity (Wildman–Crippen MR) is 58.0 cm³/mol. The van der Waals surface area contributed by atoms with Crippen LogP contribution in [-0.4, -0.2) is 37.1 Å². The Balaban J connectivity index is 2.32. The van der Waals surface area contributed by atoms with Gasteiger partial charge in [-0.05, 0) is 46.7 Å². The van der Waals surface area contributed by atoms with Crippen molar-refractivity contribution in [1.82, 2.24) is 10.2 Å². The van der Waals surface area contributed by atoms with E-state index in [1.807, 2.05) is 0 Å². The summed E-state index contributed by atoms with van der Waals surface area (Å²) < 4.78 is 0. The van der Waals surface area contributed by atoms with Crippen molar-refractivity contribution in [3.63, 3.8) is 0 Å². The Morgan fingerprint density at radius 2 is 2.00 bits per heavy atom. The lowest BCUT2D eigenvalue weighted by Gasteiger charge is -2.48. The molecular formula is C11H24N2. The molecule has 0 amide bonds. The van der Waals surface area contributed by atoms with Crippen molar-refractivity contribution in [3.05, 3.63) is 0 Å². The van der Waals surface area contributed by atoms with Crippen molar-refractivity contribution in [1.29, 1.82) is 0 Å². The zero-order valence-corrected chi connectivity index (χ0v) is 9.56. The highest BCUT2D eigenvalue weighted by atomic mass is 15.2. The topological polar surface area (TPSA) is 15.3 Å². The van der Waals surface area contributed by atoms with E-state index >= 15 is 0 Å². The first kappa shape index (κ1) is 11.0. The van der Waals surface area contributed by atoms with Crippen molar-refractivity contribution < 1.29 is 0 Å². The molecule has 13 heavy (non-hydrogen) atoms. The summed E-state index contributed by atoms with van der Waals surface area (Å²) in [7, 11) is 4.41. The van der Waals surface area contributed by atoms with Gasteiger partial charge in [-0.25, -0.2) is 0 Å². The summed E-state index contributed by atoms with van der Waals surface area (Å²) in [6, 6.07) is 0.664. The molecule has 1 N–H and O–H groups in total. The van der Waals surface area contributed by atoms with Crippen LogP contribution in [0.15, 0.2) is 0 Å². The molecule has 1 atom stereocenters. The highest BCUT2D eigenvalue weighted by molar-refractivity contribution is 4.97. The third kappa shape index (κ3) is 2.44. The minimum Gasteiger partial charge on any atom is -0.312 e. The van der Waals surface area contributed by atoms with E-state index in [4.69, 9.17) is 0 Å². The first-order valence-electron chi connectivity index (χ1n) is 5.51. The monoisotopic (exact) mass is 184 g/mol. The number of hydrogen-bond donors (Lipinski definition) is 1. The first-order chi connectivity index (χ1) is 6.10. The van der Waals surface area contributed by atoms with E-state index in [-0.39, 0.29) is 0 Å². The van der Waals surface area contributed by atoms with E-state index in [2.05, 4.69) is 38.2 Å². The molecule has 0 saturated heterocycles. The minimum atomic E-state index is 0.476. The molecule has 1 aliphatic carbocycles. The van der Waals surface area contributed by atoms with E-state index in [0.29, 0.717) is 11.6 Å². The maximum Gasteiger partial charge on any atom is 0.0328 e. The second kappa shape index (κ2) is 4.43. The van der Waals surface area contributed by atoms with Gasteiger partial charge < -0.3 is 10.2 Å². The quantitative estimate of drug-likeness (QED) is 0.701. The standard InChI is InChI=1S/C11H24N2/c1-5-10(2)12-9-11(13(3)4)7-6-8-11/h10,12H,5-9H2,1-4H3. The molecule has 1 rings (SSSR count). The van der Waals surface area contributed by atoms with Crippen molar-refractivity contribution >= 4 is 0 Å². The van der Waals surface area contributed by atoms with E-state index in [9.17, 15) is 0 Å². The van der Waals surface area contributed by atoms with Gasteiger partial charge in [0.15, 0.2) is 0 Å². The van der Waals surface area contributed by atoms with Crippen molar-refractivity contribution in [2.45, 2.75) is 51.1 Å². The molecule has 1 fully saturated rings. The average molecular weight is 184 g/mol. The Labute approximate surface area is 82.7 Å². The van der Waals surface area contributed by atoms with Gasteiger partial charge in [-0.15, -0.1) is 0 Å². The lowest BCUT2D eigenvalue weighted by Crippen LogP contribution is -2.57. The zero-order chi connectivity index (χ0) is 9.90. The molecule has 0 aromatic rings. The molecule has 0 spiro atoms.